The lowest BCUT2D eigenvalue weighted by Gasteiger charge is -2.47. The monoisotopic (exact) mass is 482 g/mol. The van der Waals surface area contributed by atoms with Crippen LogP contribution in [0, 0.1) is 12.3 Å². The van der Waals surface area contributed by atoms with E-state index < -0.39 is 44.8 Å². The molecule has 0 bridgehead atoms. The smallest absolute Gasteiger partial charge is 0.338 e. The Labute approximate surface area is 196 Å². The predicted molar refractivity (Wildman–Crippen MR) is 124 cm³/mol. The Bertz CT molecular complexity index is 1290. The molecule has 9 nitrogen and oxygen atoms in total. The zero-order valence-electron chi connectivity index (χ0n) is 18.3. The summed E-state index contributed by atoms with van der Waals surface area (Å²) in [5.74, 6) is -1.17. The number of aromatic nitrogens is 2. The first-order chi connectivity index (χ1) is 16.3. The van der Waals surface area contributed by atoms with Gasteiger partial charge < -0.3 is 9.47 Å². The van der Waals surface area contributed by atoms with Crippen LogP contribution < -0.4 is 11.2 Å². The van der Waals surface area contributed by atoms with E-state index in [0.29, 0.717) is 11.1 Å². The highest BCUT2D eigenvalue weighted by molar-refractivity contribution is 7.86. The van der Waals surface area contributed by atoms with Crippen molar-refractivity contribution in [2.45, 2.75) is 12.3 Å². The van der Waals surface area contributed by atoms with Crippen LogP contribution in [-0.2, 0) is 20.3 Å². The second-order valence-electron chi connectivity index (χ2n) is 8.10. The molecule has 0 spiro atoms. The number of carbonyl (C=O) groups is 2. The number of carbonyl (C=O) groups excluding carboxylic acids is 2. The topological polar surface area (TPSA) is 125 Å². The highest BCUT2D eigenvalue weighted by atomic mass is 32.2. The number of esters is 2. The number of nitrogens with one attached hydrogen (secondary N) is 1. The summed E-state index contributed by atoms with van der Waals surface area (Å²) in [6.07, 6.45) is 1.32. The van der Waals surface area contributed by atoms with Gasteiger partial charge in [-0.15, -0.1) is 0 Å². The average Bonchev–Trinajstić information content (AvgIpc) is 2.84. The molecule has 176 valence electrons. The minimum absolute atomic E-state index is 0.0341. The van der Waals surface area contributed by atoms with Crippen molar-refractivity contribution in [2.75, 3.05) is 19.0 Å². The molecule has 1 aliphatic rings. The maximum atomic E-state index is 12.8. The number of rotatable bonds is 7. The Hall–Kier alpha value is -3.79. The summed E-state index contributed by atoms with van der Waals surface area (Å²) in [4.78, 5) is 51.7. The van der Waals surface area contributed by atoms with Gasteiger partial charge in [-0.1, -0.05) is 36.4 Å². The van der Waals surface area contributed by atoms with E-state index in [4.69, 9.17) is 9.47 Å². The van der Waals surface area contributed by atoms with Gasteiger partial charge in [0.05, 0.1) is 16.5 Å². The van der Waals surface area contributed by atoms with Gasteiger partial charge in [0.15, 0.2) is 0 Å². The van der Waals surface area contributed by atoms with Gasteiger partial charge in [-0.3, -0.25) is 18.6 Å². The molecule has 3 aromatic rings. The van der Waals surface area contributed by atoms with E-state index in [9.17, 15) is 23.4 Å². The van der Waals surface area contributed by atoms with E-state index >= 15 is 0 Å². The third-order valence-corrected chi connectivity index (χ3v) is 7.69. The number of hydrogen-bond donors (Lipinski definition) is 1. The first kappa shape index (κ1) is 23.4. The SMILES string of the molecule is Cc1cn(C2S(=O)CC2(COC(=O)c2ccccc2)COC(=O)c2ccccc2)c(=O)[nH]c1=O. The number of aryl methyl sites for hydroxylation is 1. The van der Waals surface area contributed by atoms with Crippen LogP contribution in [0.4, 0.5) is 0 Å². The number of benzene rings is 2. The number of hydrogen-bond acceptors (Lipinski definition) is 7. The zero-order chi connectivity index (χ0) is 24.3. The van der Waals surface area contributed by atoms with Crippen molar-refractivity contribution >= 4 is 22.7 Å². The highest BCUT2D eigenvalue weighted by Gasteiger charge is 2.56. The molecule has 0 saturated carbocycles. The normalized spacial score (nSPS) is 18.5. The van der Waals surface area contributed by atoms with Crippen molar-refractivity contribution in [3.8, 4) is 0 Å². The van der Waals surface area contributed by atoms with Crippen LogP contribution in [0.5, 0.6) is 0 Å². The summed E-state index contributed by atoms with van der Waals surface area (Å²) in [6.45, 7) is 1.02. The van der Waals surface area contributed by atoms with Crippen molar-refractivity contribution < 1.29 is 23.3 Å². The van der Waals surface area contributed by atoms with Crippen LogP contribution in [0.15, 0.2) is 76.4 Å². The average molecular weight is 483 g/mol. The summed E-state index contributed by atoms with van der Waals surface area (Å²) in [5, 5.41) is -0.970. The first-order valence-corrected chi connectivity index (χ1v) is 11.8. The summed E-state index contributed by atoms with van der Waals surface area (Å²) in [7, 11) is -1.54. The van der Waals surface area contributed by atoms with E-state index in [-0.39, 0.29) is 24.5 Å². The molecule has 1 aliphatic heterocycles. The van der Waals surface area contributed by atoms with Crippen LogP contribution in [-0.4, -0.2) is 44.7 Å². The second kappa shape index (κ2) is 9.60. The fourth-order valence-corrected chi connectivity index (χ4v) is 5.73. The van der Waals surface area contributed by atoms with Crippen molar-refractivity contribution in [2.24, 2.45) is 5.41 Å². The Kier molecular flexibility index (Phi) is 6.60. The van der Waals surface area contributed by atoms with Gasteiger partial charge in [0.25, 0.3) is 5.56 Å². The second-order valence-corrected chi connectivity index (χ2v) is 9.60. The first-order valence-electron chi connectivity index (χ1n) is 10.4. The maximum absolute atomic E-state index is 12.8. The molecule has 10 heteroatoms. The molecule has 0 aliphatic carbocycles. The summed E-state index contributed by atoms with van der Waals surface area (Å²) in [5.41, 5.74) is -1.53. The molecule has 0 radical (unpaired) electrons. The van der Waals surface area contributed by atoms with Gasteiger partial charge in [-0.25, -0.2) is 14.4 Å². The molecule has 4 rings (SSSR count). The fourth-order valence-electron chi connectivity index (χ4n) is 3.80. The van der Waals surface area contributed by atoms with Gasteiger partial charge in [0.1, 0.15) is 18.6 Å². The van der Waals surface area contributed by atoms with Gasteiger partial charge in [0, 0.05) is 28.3 Å². The Balaban J connectivity index is 1.63. The lowest BCUT2D eigenvalue weighted by atomic mass is 9.90. The Morgan fingerprint density at radius 2 is 1.47 bits per heavy atom. The zero-order valence-corrected chi connectivity index (χ0v) is 19.1. The maximum Gasteiger partial charge on any atom is 0.338 e. The highest BCUT2D eigenvalue weighted by Crippen LogP contribution is 2.46. The Morgan fingerprint density at radius 1 is 0.971 bits per heavy atom. The molecule has 1 saturated heterocycles. The molecule has 1 N–H and O–H groups in total. The van der Waals surface area contributed by atoms with Crippen LogP contribution in [0.1, 0.15) is 31.7 Å². The summed E-state index contributed by atoms with van der Waals surface area (Å²) in [6, 6.07) is 16.7. The standard InChI is InChI=1S/C24H22N2O7S/c1-16-12-26(23(30)25-19(16)27)22-24(15-34(22)31,13-32-20(28)17-8-4-2-5-9-17)14-33-21(29)18-10-6-3-7-11-18/h2-12,22H,13-15H2,1H3,(H,25,27,30). The molecule has 1 aromatic heterocycles. The lowest BCUT2D eigenvalue weighted by molar-refractivity contribution is -0.0131. The number of H-pyrrole nitrogens is 1. The molecule has 2 unspecified atom stereocenters. The minimum atomic E-state index is -1.54. The largest absolute Gasteiger partial charge is 0.461 e. The molecule has 34 heavy (non-hydrogen) atoms. The number of nitrogens with zero attached hydrogens (tertiary/aromatic N) is 1. The van der Waals surface area contributed by atoms with Gasteiger partial charge in [-0.2, -0.15) is 0 Å². The molecular weight excluding hydrogens is 460 g/mol. The third-order valence-electron chi connectivity index (χ3n) is 5.60. The predicted octanol–water partition coefficient (Wildman–Crippen LogP) is 1.81. The van der Waals surface area contributed by atoms with Crippen molar-refractivity contribution in [1.82, 2.24) is 9.55 Å². The van der Waals surface area contributed by atoms with Crippen LogP contribution in [0.2, 0.25) is 0 Å². The van der Waals surface area contributed by atoms with Crippen LogP contribution in [0.3, 0.4) is 0 Å². The molecular formula is C24H22N2O7S. The minimum Gasteiger partial charge on any atom is -0.461 e. The van der Waals surface area contributed by atoms with Crippen molar-refractivity contribution in [3.05, 3.63) is 104 Å². The molecule has 2 atom stereocenters. The molecule has 1 fully saturated rings. The summed E-state index contributed by atoms with van der Waals surface area (Å²) < 4.78 is 25.0. The van der Waals surface area contributed by atoms with Crippen molar-refractivity contribution in [3.63, 3.8) is 0 Å². The molecule has 2 aromatic carbocycles. The van der Waals surface area contributed by atoms with Gasteiger partial charge in [0.2, 0.25) is 0 Å². The van der Waals surface area contributed by atoms with Gasteiger partial charge >= 0.3 is 17.6 Å². The van der Waals surface area contributed by atoms with E-state index in [1.54, 1.807) is 60.7 Å². The van der Waals surface area contributed by atoms with Crippen molar-refractivity contribution in [1.29, 1.82) is 0 Å². The van der Waals surface area contributed by atoms with Crippen LogP contribution >= 0.6 is 0 Å². The number of ether oxygens (including phenoxy) is 2. The fraction of sp³-hybridized carbons (Fsp3) is 0.250. The van der Waals surface area contributed by atoms with Gasteiger partial charge in [-0.05, 0) is 31.2 Å². The summed E-state index contributed by atoms with van der Waals surface area (Å²) >= 11 is 0. The number of aromatic amines is 1. The Morgan fingerprint density at radius 3 is 1.94 bits per heavy atom. The van der Waals surface area contributed by atoms with E-state index in [0.717, 1.165) is 4.57 Å². The molecule has 2 heterocycles. The third kappa shape index (κ3) is 4.62. The van der Waals surface area contributed by atoms with E-state index in [1.165, 1.54) is 13.1 Å². The molecule has 0 amide bonds. The van der Waals surface area contributed by atoms with E-state index in [2.05, 4.69) is 4.98 Å². The van der Waals surface area contributed by atoms with E-state index in [1.807, 2.05) is 0 Å². The quantitative estimate of drug-likeness (QED) is 0.509. The lowest BCUT2D eigenvalue weighted by Crippen LogP contribution is -2.59. The van der Waals surface area contributed by atoms with Crippen LogP contribution in [0.25, 0.3) is 0 Å².